The first kappa shape index (κ1) is 12.2. The Hall–Kier alpha value is -2.89. The Morgan fingerprint density at radius 2 is 2.20 bits per heavy atom. The van der Waals surface area contributed by atoms with Crippen LogP contribution in [0.15, 0.2) is 47.5 Å². The second-order valence-electron chi connectivity index (χ2n) is 4.19. The van der Waals surface area contributed by atoms with Crippen molar-refractivity contribution in [3.05, 3.63) is 58.9 Å². The molecule has 2 aromatic heterocycles. The molecule has 0 fully saturated rings. The Kier molecular flexibility index (Phi) is 3.04. The zero-order valence-corrected chi connectivity index (χ0v) is 10.4. The molecule has 0 spiro atoms. The van der Waals surface area contributed by atoms with Crippen molar-refractivity contribution < 1.29 is 9.84 Å². The Morgan fingerprint density at radius 1 is 1.30 bits per heavy atom. The summed E-state index contributed by atoms with van der Waals surface area (Å²) in [5.74, 6) is 1.02. The van der Waals surface area contributed by atoms with Gasteiger partial charge in [0.15, 0.2) is 0 Å². The van der Waals surface area contributed by atoms with Crippen molar-refractivity contribution >= 4 is 10.9 Å². The number of benzene rings is 1. The first-order valence-corrected chi connectivity index (χ1v) is 5.97. The average molecular weight is 269 g/mol. The molecule has 20 heavy (non-hydrogen) atoms. The number of fused-ring (bicyclic) bond motifs is 1. The highest BCUT2D eigenvalue weighted by Crippen LogP contribution is 2.18. The number of nitrogens with one attached hydrogen (secondary N) is 1. The number of hydrogen-bond acceptors (Lipinski definition) is 5. The van der Waals surface area contributed by atoms with Crippen molar-refractivity contribution in [2.24, 2.45) is 0 Å². The van der Waals surface area contributed by atoms with Gasteiger partial charge in [-0.3, -0.25) is 9.78 Å². The van der Waals surface area contributed by atoms with Gasteiger partial charge in [-0.2, -0.15) is 0 Å². The standard InChI is InChI=1S/C14H11N3O3/c18-9-2-1-3-10(6-9)20-8-13-16-12-7-15-5-4-11(12)14(19)17-13/h1-7,18H,8H2,(H,16,17,19). The summed E-state index contributed by atoms with van der Waals surface area (Å²) in [6.45, 7) is 0.101. The van der Waals surface area contributed by atoms with Gasteiger partial charge in [0.2, 0.25) is 0 Å². The lowest BCUT2D eigenvalue weighted by Crippen LogP contribution is -2.13. The van der Waals surface area contributed by atoms with Crippen LogP contribution in [-0.2, 0) is 6.61 Å². The quantitative estimate of drug-likeness (QED) is 0.754. The summed E-state index contributed by atoms with van der Waals surface area (Å²) >= 11 is 0. The maximum atomic E-state index is 11.8. The highest BCUT2D eigenvalue weighted by Gasteiger charge is 2.04. The lowest BCUT2D eigenvalue weighted by atomic mass is 10.3. The lowest BCUT2D eigenvalue weighted by Gasteiger charge is -2.06. The molecule has 0 aliphatic rings. The van der Waals surface area contributed by atoms with E-state index in [0.717, 1.165) is 0 Å². The molecular weight excluding hydrogens is 258 g/mol. The number of phenols is 1. The number of hydrogen-bond donors (Lipinski definition) is 2. The van der Waals surface area contributed by atoms with Crippen LogP contribution < -0.4 is 10.3 Å². The normalized spacial score (nSPS) is 10.6. The molecule has 0 bridgehead atoms. The molecule has 100 valence electrons. The van der Waals surface area contributed by atoms with Crippen LogP contribution in [0.2, 0.25) is 0 Å². The fourth-order valence-electron chi connectivity index (χ4n) is 1.83. The number of pyridine rings is 1. The zero-order valence-electron chi connectivity index (χ0n) is 10.4. The van der Waals surface area contributed by atoms with E-state index in [1.54, 1.807) is 30.5 Å². The first-order chi connectivity index (χ1) is 9.72. The molecule has 3 aromatic rings. The number of aromatic nitrogens is 3. The Bertz CT molecular complexity index is 814. The summed E-state index contributed by atoms with van der Waals surface area (Å²) in [5.41, 5.74) is 0.290. The second kappa shape index (κ2) is 5.00. The third kappa shape index (κ3) is 2.44. The molecule has 0 unspecified atom stereocenters. The lowest BCUT2D eigenvalue weighted by molar-refractivity contribution is 0.294. The van der Waals surface area contributed by atoms with E-state index in [4.69, 9.17) is 4.74 Å². The summed E-state index contributed by atoms with van der Waals surface area (Å²) < 4.78 is 5.46. The number of H-pyrrole nitrogens is 1. The molecule has 2 heterocycles. The topological polar surface area (TPSA) is 88.1 Å². The van der Waals surface area contributed by atoms with Crippen LogP contribution in [-0.4, -0.2) is 20.1 Å². The van der Waals surface area contributed by atoms with Crippen molar-refractivity contribution in [2.75, 3.05) is 0 Å². The molecule has 3 rings (SSSR count). The predicted molar refractivity (Wildman–Crippen MR) is 72.6 cm³/mol. The molecule has 0 aliphatic heterocycles. The van der Waals surface area contributed by atoms with Gasteiger partial charge < -0.3 is 14.8 Å². The highest BCUT2D eigenvalue weighted by molar-refractivity contribution is 5.75. The van der Waals surface area contributed by atoms with Gasteiger partial charge in [-0.1, -0.05) is 6.07 Å². The maximum Gasteiger partial charge on any atom is 0.258 e. The molecule has 0 saturated heterocycles. The van der Waals surface area contributed by atoms with Crippen LogP contribution in [0.5, 0.6) is 11.5 Å². The van der Waals surface area contributed by atoms with Gasteiger partial charge in [-0.15, -0.1) is 0 Å². The van der Waals surface area contributed by atoms with E-state index in [9.17, 15) is 9.90 Å². The van der Waals surface area contributed by atoms with Crippen molar-refractivity contribution in [3.8, 4) is 11.5 Å². The van der Waals surface area contributed by atoms with Gasteiger partial charge in [0.05, 0.1) is 17.1 Å². The SMILES string of the molecule is O=c1[nH]c(COc2cccc(O)c2)nc2cnccc12. The number of phenolic OH excluding ortho intramolecular Hbond substituents is 1. The van der Waals surface area contributed by atoms with Crippen molar-refractivity contribution in [1.82, 2.24) is 15.0 Å². The van der Waals surface area contributed by atoms with Gasteiger partial charge in [-0.25, -0.2) is 4.98 Å². The molecule has 0 saturated carbocycles. The van der Waals surface area contributed by atoms with Gasteiger partial charge in [0, 0.05) is 12.3 Å². The number of ether oxygens (including phenoxy) is 1. The highest BCUT2D eigenvalue weighted by atomic mass is 16.5. The number of aromatic hydroxyl groups is 1. The monoisotopic (exact) mass is 269 g/mol. The number of aromatic amines is 1. The summed E-state index contributed by atoms with van der Waals surface area (Å²) in [6, 6.07) is 8.03. The van der Waals surface area contributed by atoms with E-state index >= 15 is 0 Å². The Morgan fingerprint density at radius 3 is 3.05 bits per heavy atom. The molecule has 2 N–H and O–H groups in total. The molecule has 0 atom stereocenters. The van der Waals surface area contributed by atoms with Gasteiger partial charge in [0.25, 0.3) is 5.56 Å². The minimum Gasteiger partial charge on any atom is -0.508 e. The van der Waals surface area contributed by atoms with Gasteiger partial charge in [0.1, 0.15) is 23.9 Å². The van der Waals surface area contributed by atoms with E-state index in [1.165, 1.54) is 12.3 Å². The third-order valence-corrected chi connectivity index (χ3v) is 2.75. The molecule has 0 amide bonds. The Labute approximate surface area is 113 Å². The maximum absolute atomic E-state index is 11.8. The molecule has 6 nitrogen and oxygen atoms in total. The summed E-state index contributed by atoms with van der Waals surface area (Å²) in [6.07, 6.45) is 3.07. The number of nitrogens with zero attached hydrogens (tertiary/aromatic N) is 2. The summed E-state index contributed by atoms with van der Waals surface area (Å²) in [7, 11) is 0. The van der Waals surface area contributed by atoms with Crippen LogP contribution in [0.25, 0.3) is 10.9 Å². The molecule has 1 aromatic carbocycles. The Balaban J connectivity index is 1.86. The van der Waals surface area contributed by atoms with Crippen LogP contribution in [0.1, 0.15) is 5.82 Å². The fourth-order valence-corrected chi connectivity index (χ4v) is 1.83. The zero-order chi connectivity index (χ0) is 13.9. The second-order valence-corrected chi connectivity index (χ2v) is 4.19. The van der Waals surface area contributed by atoms with E-state index in [1.807, 2.05) is 0 Å². The number of rotatable bonds is 3. The van der Waals surface area contributed by atoms with Crippen LogP contribution in [0.3, 0.4) is 0 Å². The minimum absolute atomic E-state index is 0.101. The third-order valence-electron chi connectivity index (χ3n) is 2.75. The van der Waals surface area contributed by atoms with Gasteiger partial charge in [-0.05, 0) is 18.2 Å². The molecular formula is C14H11N3O3. The molecule has 0 aliphatic carbocycles. The largest absolute Gasteiger partial charge is 0.508 e. The van der Waals surface area contributed by atoms with Crippen LogP contribution in [0.4, 0.5) is 0 Å². The minimum atomic E-state index is -0.230. The summed E-state index contributed by atoms with van der Waals surface area (Å²) in [5, 5.41) is 9.82. The van der Waals surface area contributed by atoms with E-state index in [2.05, 4.69) is 15.0 Å². The van der Waals surface area contributed by atoms with Crippen LogP contribution >= 0.6 is 0 Å². The van der Waals surface area contributed by atoms with Crippen molar-refractivity contribution in [3.63, 3.8) is 0 Å². The van der Waals surface area contributed by atoms with Gasteiger partial charge >= 0.3 is 0 Å². The van der Waals surface area contributed by atoms with E-state index in [0.29, 0.717) is 22.5 Å². The summed E-state index contributed by atoms with van der Waals surface area (Å²) in [4.78, 5) is 22.7. The first-order valence-electron chi connectivity index (χ1n) is 5.97. The van der Waals surface area contributed by atoms with E-state index < -0.39 is 0 Å². The fraction of sp³-hybridized carbons (Fsp3) is 0.0714. The van der Waals surface area contributed by atoms with Crippen molar-refractivity contribution in [2.45, 2.75) is 6.61 Å². The molecule has 0 radical (unpaired) electrons. The molecule has 6 heteroatoms. The predicted octanol–water partition coefficient (Wildman–Crippen LogP) is 1.60. The van der Waals surface area contributed by atoms with E-state index in [-0.39, 0.29) is 17.9 Å². The van der Waals surface area contributed by atoms with Crippen molar-refractivity contribution in [1.29, 1.82) is 0 Å². The average Bonchev–Trinajstić information content (AvgIpc) is 2.45. The smallest absolute Gasteiger partial charge is 0.258 e. The van der Waals surface area contributed by atoms with Crippen LogP contribution in [0, 0.1) is 0 Å².